The molecule has 372 valence electrons. The lowest BCUT2D eigenvalue weighted by Gasteiger charge is -2.28. The van der Waals surface area contributed by atoms with Crippen LogP contribution in [0.2, 0.25) is 0 Å². The van der Waals surface area contributed by atoms with E-state index < -0.39 is 124 Å². The number of carbonyl (C=O) groups excluding carboxylic acids is 9. The summed E-state index contributed by atoms with van der Waals surface area (Å²) in [7, 11) is -5.20. The number of carbonyl (C=O) groups is 9. The van der Waals surface area contributed by atoms with Gasteiger partial charge in [-0.1, -0.05) is 45.7 Å². The standard InChI is InChI=1S/C44H55N9O14S2/c1-5-7-30-41(62)53-36(23(3)6-2)37(58)43(64)51-31(18-25-8-13-28(54)14-9-25)44-48-27(21-68-44)12-17-34(56)49-33(22-69(65,66)67)40(61)45-19-32(42(63)50-30)52-38(59)24(4)47-35(57)20-46-39(60)26-10-15-29(55)16-11-26/h8-17,21,23-24,30-33,36,54-55H,5-7,18-20,22H2,1-4H3,(H,45,61)(H,46,60)(H,47,57)(H,49,56)(H,50,63)(H,51,64)(H,52,59)(H,53,62)(H,65,66,67)/p-1/b17-12+/t23-,24-,30-,31-,32-,33-,36-/m0/s1. The Morgan fingerprint density at radius 3 is 2.12 bits per heavy atom. The Kier molecular flexibility index (Phi) is 19.9. The summed E-state index contributed by atoms with van der Waals surface area (Å²) in [5.74, 6) is -11.2. The van der Waals surface area contributed by atoms with E-state index in [0.29, 0.717) is 12.0 Å². The normalized spacial score (nSPS) is 21.3. The zero-order valence-electron chi connectivity index (χ0n) is 37.9. The molecule has 23 nitrogen and oxygen atoms in total. The largest absolute Gasteiger partial charge is 0.748 e. The van der Waals surface area contributed by atoms with Crippen molar-refractivity contribution in [3.8, 4) is 11.5 Å². The third kappa shape index (κ3) is 17.1. The Morgan fingerprint density at radius 1 is 0.841 bits per heavy atom. The molecule has 1 aromatic heterocycles. The van der Waals surface area contributed by atoms with Gasteiger partial charge in [-0.25, -0.2) is 13.4 Å². The first-order valence-electron chi connectivity index (χ1n) is 21.6. The number of aromatic nitrogens is 1. The molecular formula is C44H54N9O14S2-. The van der Waals surface area contributed by atoms with Crippen molar-refractivity contribution in [2.24, 2.45) is 5.92 Å². The second kappa shape index (κ2) is 25.2. The fourth-order valence-corrected chi connectivity index (χ4v) is 8.07. The van der Waals surface area contributed by atoms with Crippen molar-refractivity contribution in [3.05, 3.63) is 81.8 Å². The van der Waals surface area contributed by atoms with E-state index in [1.54, 1.807) is 32.9 Å². The molecule has 0 saturated heterocycles. The Hall–Kier alpha value is -7.25. The second-order valence-electron chi connectivity index (χ2n) is 16.0. The number of amides is 8. The molecule has 2 bridgehead atoms. The van der Waals surface area contributed by atoms with Crippen molar-refractivity contribution in [2.75, 3.05) is 18.8 Å². The predicted molar refractivity (Wildman–Crippen MR) is 247 cm³/mol. The summed E-state index contributed by atoms with van der Waals surface area (Å²) in [6.07, 6.45) is 2.67. The predicted octanol–water partition coefficient (Wildman–Crippen LogP) is -1.07. The van der Waals surface area contributed by atoms with Crippen LogP contribution in [0, 0.1) is 5.92 Å². The van der Waals surface area contributed by atoms with Gasteiger partial charge in [-0.15, -0.1) is 11.3 Å². The lowest BCUT2D eigenvalue weighted by Crippen LogP contribution is -2.61. The van der Waals surface area contributed by atoms with Crippen LogP contribution < -0.4 is 42.5 Å². The van der Waals surface area contributed by atoms with E-state index in [1.807, 2.05) is 0 Å². The van der Waals surface area contributed by atoms with Gasteiger partial charge in [0.25, 0.3) is 11.8 Å². The van der Waals surface area contributed by atoms with Crippen LogP contribution in [0.4, 0.5) is 0 Å². The molecule has 10 N–H and O–H groups in total. The minimum absolute atomic E-state index is 0.0258. The minimum atomic E-state index is -5.20. The third-order valence-corrected chi connectivity index (χ3v) is 12.3. The van der Waals surface area contributed by atoms with E-state index in [9.17, 15) is 66.3 Å². The van der Waals surface area contributed by atoms with Crippen LogP contribution in [0.25, 0.3) is 6.08 Å². The van der Waals surface area contributed by atoms with E-state index in [4.69, 9.17) is 0 Å². The van der Waals surface area contributed by atoms with Gasteiger partial charge in [0, 0.05) is 23.6 Å². The number of aromatic hydroxyl groups is 2. The second-order valence-corrected chi connectivity index (χ2v) is 18.4. The first-order chi connectivity index (χ1) is 32.6. The maximum Gasteiger partial charge on any atom is 0.290 e. The summed E-state index contributed by atoms with van der Waals surface area (Å²) in [5.41, 5.74) is 0.885. The topological polar surface area (TPSA) is 360 Å². The number of Topliss-reactive ketones (excluding diaryl/α,β-unsaturated/α-hetero) is 1. The number of nitrogens with zero attached hydrogens (tertiary/aromatic N) is 1. The molecule has 0 radical (unpaired) electrons. The summed E-state index contributed by atoms with van der Waals surface area (Å²) in [6.45, 7) is 4.79. The van der Waals surface area contributed by atoms with Gasteiger partial charge < -0.3 is 57.3 Å². The number of rotatable bonds is 14. The number of nitrogens with one attached hydrogen (secondary N) is 8. The molecule has 25 heteroatoms. The van der Waals surface area contributed by atoms with Crippen LogP contribution in [0.15, 0.2) is 60.0 Å². The van der Waals surface area contributed by atoms with Crippen molar-refractivity contribution >= 4 is 80.6 Å². The van der Waals surface area contributed by atoms with Gasteiger partial charge >= 0.3 is 0 Å². The van der Waals surface area contributed by atoms with Crippen LogP contribution in [0.1, 0.15) is 79.6 Å². The number of phenolic OH excluding ortho intramolecular Hbond substituents is 2. The SMILES string of the molecule is CCC[C@@H]1NC(=O)[C@@H](NC(=O)[C@H](C)NC(=O)CNC(=O)c2ccc(O)cc2)CNC(=O)[C@H](CS(=O)(=O)[O-])NC(=O)/C=C/c2csc(n2)[C@H](Cc2ccc(O)cc2)NC(=O)C(=O)[C@H]([C@@H](C)CC)NC1=O. The quantitative estimate of drug-likeness (QED) is 0.0679. The summed E-state index contributed by atoms with van der Waals surface area (Å²) in [5, 5.41) is 40.2. The van der Waals surface area contributed by atoms with E-state index in [-0.39, 0.29) is 47.0 Å². The van der Waals surface area contributed by atoms with Gasteiger partial charge in [-0.05, 0) is 73.7 Å². The smallest absolute Gasteiger partial charge is 0.290 e. The van der Waals surface area contributed by atoms with E-state index >= 15 is 0 Å². The number of benzene rings is 2. The average molecular weight is 997 g/mol. The molecule has 4 rings (SSSR count). The number of phenols is 2. The maximum atomic E-state index is 14.0. The molecule has 0 fully saturated rings. The molecule has 0 aliphatic carbocycles. The summed E-state index contributed by atoms with van der Waals surface area (Å²) in [6, 6.07) is 2.07. The Balaban J connectivity index is 1.67. The Morgan fingerprint density at radius 2 is 1.49 bits per heavy atom. The number of thiazole rings is 1. The zero-order valence-corrected chi connectivity index (χ0v) is 39.5. The van der Waals surface area contributed by atoms with Gasteiger partial charge in [0.1, 0.15) is 40.7 Å². The van der Waals surface area contributed by atoms with Gasteiger partial charge in [0.2, 0.25) is 41.2 Å². The highest BCUT2D eigenvalue weighted by Gasteiger charge is 2.36. The first-order valence-corrected chi connectivity index (χ1v) is 24.1. The van der Waals surface area contributed by atoms with Crippen LogP contribution in [0.3, 0.4) is 0 Å². The third-order valence-electron chi connectivity index (χ3n) is 10.6. The van der Waals surface area contributed by atoms with Crippen molar-refractivity contribution in [2.45, 2.75) is 89.6 Å². The maximum absolute atomic E-state index is 14.0. The van der Waals surface area contributed by atoms with Crippen molar-refractivity contribution in [3.63, 3.8) is 0 Å². The Bertz CT molecular complexity index is 2520. The van der Waals surface area contributed by atoms with E-state index in [1.165, 1.54) is 54.8 Å². The summed E-state index contributed by atoms with van der Waals surface area (Å²) >= 11 is 1.04. The monoisotopic (exact) mass is 996 g/mol. The van der Waals surface area contributed by atoms with Gasteiger partial charge in [0.05, 0.1) is 40.2 Å². The highest BCUT2D eigenvalue weighted by Crippen LogP contribution is 2.25. The molecule has 0 spiro atoms. The molecule has 2 aromatic carbocycles. The summed E-state index contributed by atoms with van der Waals surface area (Å²) in [4.78, 5) is 126. The van der Waals surface area contributed by atoms with Crippen LogP contribution in [0.5, 0.6) is 11.5 Å². The van der Waals surface area contributed by atoms with Gasteiger partial charge in [-0.3, -0.25) is 43.2 Å². The molecular weight excluding hydrogens is 943 g/mol. The highest BCUT2D eigenvalue weighted by atomic mass is 32.2. The average Bonchev–Trinajstić information content (AvgIpc) is 3.78. The molecule has 0 unspecified atom stereocenters. The van der Waals surface area contributed by atoms with Gasteiger partial charge in [-0.2, -0.15) is 0 Å². The van der Waals surface area contributed by atoms with E-state index in [0.717, 1.165) is 17.4 Å². The fraction of sp³-hybridized carbons (Fsp3) is 0.409. The number of hydrogen-bond acceptors (Lipinski definition) is 16. The molecule has 1 aliphatic heterocycles. The number of ketones is 1. The molecule has 2 heterocycles. The van der Waals surface area contributed by atoms with Gasteiger partial charge in [0.15, 0.2) is 0 Å². The van der Waals surface area contributed by atoms with Crippen LogP contribution >= 0.6 is 11.3 Å². The van der Waals surface area contributed by atoms with Crippen LogP contribution in [-0.2, 0) is 54.9 Å². The molecule has 0 saturated carbocycles. The first kappa shape index (κ1) is 54.4. The fourth-order valence-electron chi connectivity index (χ4n) is 6.59. The number of hydrogen-bond donors (Lipinski definition) is 10. The lowest BCUT2D eigenvalue weighted by atomic mass is 9.94. The molecule has 7 atom stereocenters. The zero-order chi connectivity index (χ0) is 51.0. The van der Waals surface area contributed by atoms with Crippen molar-refractivity contribution < 1.29 is 66.3 Å². The number of fused-ring (bicyclic) bond motifs is 2. The molecule has 69 heavy (non-hydrogen) atoms. The molecule has 8 amide bonds. The van der Waals surface area contributed by atoms with Crippen LogP contribution in [-0.4, -0.2) is 130 Å². The van der Waals surface area contributed by atoms with E-state index in [2.05, 4.69) is 47.5 Å². The van der Waals surface area contributed by atoms with Crippen molar-refractivity contribution in [1.29, 1.82) is 0 Å². The van der Waals surface area contributed by atoms with Crippen molar-refractivity contribution in [1.82, 2.24) is 47.5 Å². The minimum Gasteiger partial charge on any atom is -0.748 e. The molecule has 3 aromatic rings. The summed E-state index contributed by atoms with van der Waals surface area (Å²) < 4.78 is 35.7. The highest BCUT2D eigenvalue weighted by molar-refractivity contribution is 7.85. The lowest BCUT2D eigenvalue weighted by molar-refractivity contribution is -0.141. The Labute approximate surface area is 400 Å². The molecule has 1 aliphatic rings.